The molecule has 0 saturated heterocycles. The van der Waals surface area contributed by atoms with Crippen molar-refractivity contribution in [1.82, 2.24) is 0 Å². The number of alkyl halides is 1. The van der Waals surface area contributed by atoms with Gasteiger partial charge in [0, 0.05) is 10.0 Å². The summed E-state index contributed by atoms with van der Waals surface area (Å²) < 4.78 is 6.38. The first-order valence-electron chi connectivity index (χ1n) is 6.13. The second kappa shape index (κ2) is 6.44. The van der Waals surface area contributed by atoms with Gasteiger partial charge >= 0.3 is 0 Å². The SMILES string of the molecule is COc1cc(Br)ccc1C(Cl)Cc1ccc(C)cc1. The molecular formula is C16H16BrClO. The van der Waals surface area contributed by atoms with Gasteiger partial charge in [0.25, 0.3) is 0 Å². The number of benzene rings is 2. The predicted octanol–water partition coefficient (Wildman–Crippen LogP) is 5.29. The quantitative estimate of drug-likeness (QED) is 0.688. The third-order valence-corrected chi connectivity index (χ3v) is 3.95. The zero-order chi connectivity index (χ0) is 13.8. The Kier molecular flexibility index (Phi) is 4.89. The summed E-state index contributed by atoms with van der Waals surface area (Å²) in [5.74, 6) is 0.821. The maximum atomic E-state index is 6.52. The smallest absolute Gasteiger partial charge is 0.124 e. The van der Waals surface area contributed by atoms with Crippen LogP contribution < -0.4 is 4.74 Å². The molecule has 0 aliphatic heterocycles. The summed E-state index contributed by atoms with van der Waals surface area (Å²) in [6.45, 7) is 2.08. The fraction of sp³-hybridized carbons (Fsp3) is 0.250. The van der Waals surface area contributed by atoms with Gasteiger partial charge in [-0.2, -0.15) is 0 Å². The lowest BCUT2D eigenvalue weighted by atomic mass is 10.0. The molecular weight excluding hydrogens is 324 g/mol. The van der Waals surface area contributed by atoms with E-state index in [-0.39, 0.29) is 5.38 Å². The molecule has 0 saturated carbocycles. The van der Waals surface area contributed by atoms with Crippen LogP contribution in [0.5, 0.6) is 5.75 Å². The lowest BCUT2D eigenvalue weighted by molar-refractivity contribution is 0.408. The summed E-state index contributed by atoms with van der Waals surface area (Å²) in [6.07, 6.45) is 0.791. The van der Waals surface area contributed by atoms with Crippen LogP contribution >= 0.6 is 27.5 Å². The average molecular weight is 340 g/mol. The largest absolute Gasteiger partial charge is 0.496 e. The molecule has 2 rings (SSSR count). The summed E-state index contributed by atoms with van der Waals surface area (Å²) in [5, 5.41) is -0.0919. The molecule has 1 unspecified atom stereocenters. The van der Waals surface area contributed by atoms with Crippen molar-refractivity contribution < 1.29 is 4.74 Å². The molecule has 0 aliphatic rings. The van der Waals surface area contributed by atoms with Crippen LogP contribution in [0, 0.1) is 6.92 Å². The first-order chi connectivity index (χ1) is 9.10. The lowest BCUT2D eigenvalue weighted by Gasteiger charge is -2.14. The Morgan fingerprint density at radius 1 is 1.16 bits per heavy atom. The molecule has 0 bridgehead atoms. The molecule has 100 valence electrons. The molecule has 2 aromatic carbocycles. The van der Waals surface area contributed by atoms with Crippen molar-refractivity contribution in [3.8, 4) is 5.75 Å². The second-order valence-corrected chi connectivity index (χ2v) is 5.99. The van der Waals surface area contributed by atoms with Crippen molar-refractivity contribution in [2.75, 3.05) is 7.11 Å². The van der Waals surface area contributed by atoms with Gasteiger partial charge in [0.15, 0.2) is 0 Å². The summed E-state index contributed by atoms with van der Waals surface area (Å²) in [4.78, 5) is 0. The highest BCUT2D eigenvalue weighted by atomic mass is 79.9. The van der Waals surface area contributed by atoms with Crippen molar-refractivity contribution in [2.45, 2.75) is 18.7 Å². The molecule has 1 atom stereocenters. The Labute approximate surface area is 127 Å². The highest BCUT2D eigenvalue weighted by Crippen LogP contribution is 2.34. The van der Waals surface area contributed by atoms with Crippen molar-refractivity contribution in [1.29, 1.82) is 0 Å². The minimum absolute atomic E-state index is 0.0919. The van der Waals surface area contributed by atoms with E-state index in [1.807, 2.05) is 18.2 Å². The van der Waals surface area contributed by atoms with Crippen molar-refractivity contribution in [3.05, 3.63) is 63.6 Å². The van der Waals surface area contributed by atoms with Gasteiger partial charge in [-0.1, -0.05) is 51.8 Å². The standard InChI is InChI=1S/C16H16BrClO/c1-11-3-5-12(6-4-11)9-15(18)14-8-7-13(17)10-16(14)19-2/h3-8,10,15H,9H2,1-2H3. The van der Waals surface area contributed by atoms with E-state index in [2.05, 4.69) is 47.1 Å². The van der Waals surface area contributed by atoms with Crippen LogP contribution in [0.3, 0.4) is 0 Å². The average Bonchev–Trinajstić information content (AvgIpc) is 2.41. The Morgan fingerprint density at radius 2 is 1.84 bits per heavy atom. The fourth-order valence-corrected chi connectivity index (χ4v) is 2.68. The van der Waals surface area contributed by atoms with E-state index in [0.717, 1.165) is 22.2 Å². The van der Waals surface area contributed by atoms with E-state index in [9.17, 15) is 0 Å². The van der Waals surface area contributed by atoms with E-state index < -0.39 is 0 Å². The predicted molar refractivity (Wildman–Crippen MR) is 84.2 cm³/mol. The minimum atomic E-state index is -0.0919. The molecule has 0 aliphatic carbocycles. The van der Waals surface area contributed by atoms with Gasteiger partial charge in [0.2, 0.25) is 0 Å². The van der Waals surface area contributed by atoms with Crippen LogP contribution in [0.1, 0.15) is 22.1 Å². The van der Waals surface area contributed by atoms with Crippen LogP contribution in [0.4, 0.5) is 0 Å². The first-order valence-corrected chi connectivity index (χ1v) is 7.36. The maximum Gasteiger partial charge on any atom is 0.124 e. The van der Waals surface area contributed by atoms with E-state index in [1.54, 1.807) is 7.11 Å². The Hall–Kier alpha value is -0.990. The van der Waals surface area contributed by atoms with Gasteiger partial charge in [-0.25, -0.2) is 0 Å². The zero-order valence-corrected chi connectivity index (χ0v) is 13.3. The highest BCUT2D eigenvalue weighted by molar-refractivity contribution is 9.10. The van der Waals surface area contributed by atoms with Crippen LogP contribution in [0.15, 0.2) is 46.9 Å². The van der Waals surface area contributed by atoms with Gasteiger partial charge in [-0.05, 0) is 31.0 Å². The number of aryl methyl sites for hydroxylation is 1. The van der Waals surface area contributed by atoms with Gasteiger partial charge in [0.05, 0.1) is 12.5 Å². The summed E-state index contributed by atoms with van der Waals surface area (Å²) in [5.41, 5.74) is 3.51. The lowest BCUT2D eigenvalue weighted by Crippen LogP contribution is -1.99. The van der Waals surface area contributed by atoms with E-state index in [4.69, 9.17) is 16.3 Å². The molecule has 0 amide bonds. The number of halogens is 2. The van der Waals surface area contributed by atoms with Crippen LogP contribution in [-0.4, -0.2) is 7.11 Å². The third kappa shape index (κ3) is 3.74. The number of hydrogen-bond acceptors (Lipinski definition) is 1. The number of rotatable bonds is 4. The molecule has 0 radical (unpaired) electrons. The van der Waals surface area contributed by atoms with Crippen molar-refractivity contribution in [3.63, 3.8) is 0 Å². The van der Waals surface area contributed by atoms with Gasteiger partial charge in [-0.15, -0.1) is 11.6 Å². The van der Waals surface area contributed by atoms with Gasteiger partial charge in [0.1, 0.15) is 5.75 Å². The van der Waals surface area contributed by atoms with E-state index >= 15 is 0 Å². The zero-order valence-electron chi connectivity index (χ0n) is 11.0. The number of hydrogen-bond donors (Lipinski definition) is 0. The number of ether oxygens (including phenoxy) is 1. The topological polar surface area (TPSA) is 9.23 Å². The van der Waals surface area contributed by atoms with Crippen LogP contribution in [-0.2, 0) is 6.42 Å². The van der Waals surface area contributed by atoms with Crippen LogP contribution in [0.25, 0.3) is 0 Å². The molecule has 3 heteroatoms. The fourth-order valence-electron chi connectivity index (χ4n) is 1.98. The van der Waals surface area contributed by atoms with Crippen molar-refractivity contribution in [2.24, 2.45) is 0 Å². The molecule has 1 nitrogen and oxygen atoms in total. The Bertz CT molecular complexity index is 551. The van der Waals surface area contributed by atoms with E-state index in [1.165, 1.54) is 11.1 Å². The Balaban J connectivity index is 2.19. The molecule has 0 N–H and O–H groups in total. The monoisotopic (exact) mass is 338 g/mol. The van der Waals surface area contributed by atoms with Crippen LogP contribution in [0.2, 0.25) is 0 Å². The molecule has 0 aromatic heterocycles. The van der Waals surface area contributed by atoms with Gasteiger partial charge < -0.3 is 4.74 Å². The minimum Gasteiger partial charge on any atom is -0.496 e. The first kappa shape index (κ1) is 14.4. The third-order valence-electron chi connectivity index (χ3n) is 3.07. The number of methoxy groups -OCH3 is 1. The Morgan fingerprint density at radius 3 is 2.47 bits per heavy atom. The molecule has 0 spiro atoms. The van der Waals surface area contributed by atoms with E-state index in [0.29, 0.717) is 0 Å². The van der Waals surface area contributed by atoms with Crippen molar-refractivity contribution >= 4 is 27.5 Å². The summed E-state index contributed by atoms with van der Waals surface area (Å²) >= 11 is 9.96. The second-order valence-electron chi connectivity index (χ2n) is 4.54. The molecule has 0 fully saturated rings. The summed E-state index contributed by atoms with van der Waals surface area (Å²) in [7, 11) is 1.67. The summed E-state index contributed by atoms with van der Waals surface area (Å²) in [6, 6.07) is 14.4. The normalized spacial score (nSPS) is 12.2. The maximum absolute atomic E-state index is 6.52. The van der Waals surface area contributed by atoms with Gasteiger partial charge in [-0.3, -0.25) is 0 Å². The molecule has 0 heterocycles. The highest BCUT2D eigenvalue weighted by Gasteiger charge is 2.14. The molecule has 2 aromatic rings. The molecule has 19 heavy (non-hydrogen) atoms.